The molecule has 2 N–H and O–H groups in total. The molecule has 1 atom stereocenters. The first kappa shape index (κ1) is 16.1. The molecule has 0 aliphatic carbocycles. The first-order valence-electron chi connectivity index (χ1n) is 7.55. The van der Waals surface area contributed by atoms with Crippen LogP contribution in [-0.2, 0) is 6.54 Å². The molecule has 2 heterocycles. The summed E-state index contributed by atoms with van der Waals surface area (Å²) < 4.78 is 1.69. The second kappa shape index (κ2) is 7.22. The largest absolute Gasteiger partial charge is 0.333 e. The van der Waals surface area contributed by atoms with Crippen molar-refractivity contribution in [2.45, 2.75) is 26.4 Å². The number of benzene rings is 1. The fraction of sp³-hybridized carbons (Fsp3) is 0.250. The Hall–Kier alpha value is -2.74. The van der Waals surface area contributed by atoms with E-state index in [1.54, 1.807) is 22.2 Å². The Labute approximate surface area is 143 Å². The number of carbonyl (C=O) groups excluding carboxylic acids is 1. The number of carbonyl (C=O) groups is 1. The summed E-state index contributed by atoms with van der Waals surface area (Å²) in [4.78, 5) is 17.2. The van der Waals surface area contributed by atoms with Crippen molar-refractivity contribution < 1.29 is 4.79 Å². The van der Waals surface area contributed by atoms with E-state index in [-0.39, 0.29) is 12.1 Å². The molecule has 0 saturated heterocycles. The number of hydrogen-bond donors (Lipinski definition) is 2. The molecule has 0 saturated carbocycles. The number of rotatable bonds is 5. The van der Waals surface area contributed by atoms with Crippen LogP contribution in [0.1, 0.15) is 28.5 Å². The zero-order valence-corrected chi connectivity index (χ0v) is 14.2. The summed E-state index contributed by atoms with van der Waals surface area (Å²) in [6, 6.07) is 9.22. The van der Waals surface area contributed by atoms with Crippen LogP contribution in [0.5, 0.6) is 0 Å². The Morgan fingerprint density at radius 1 is 1.33 bits per heavy atom. The molecule has 3 aromatic rings. The van der Waals surface area contributed by atoms with Gasteiger partial charge in [-0.15, -0.1) is 16.4 Å². The highest BCUT2D eigenvalue weighted by Gasteiger charge is 2.13. The fourth-order valence-electron chi connectivity index (χ4n) is 2.16. The molecule has 0 spiro atoms. The first-order chi connectivity index (χ1) is 11.6. The molecule has 0 unspecified atom stereocenters. The lowest BCUT2D eigenvalue weighted by molar-refractivity contribution is 0.237. The maximum absolute atomic E-state index is 12.0. The molecule has 0 fully saturated rings. The van der Waals surface area contributed by atoms with Gasteiger partial charge >= 0.3 is 6.03 Å². The summed E-state index contributed by atoms with van der Waals surface area (Å²) in [5, 5.41) is 14.9. The van der Waals surface area contributed by atoms with Crippen LogP contribution in [0, 0.1) is 6.92 Å². The molecule has 0 aliphatic heterocycles. The Morgan fingerprint density at radius 3 is 2.83 bits per heavy atom. The van der Waals surface area contributed by atoms with Gasteiger partial charge in [-0.05, 0) is 26.0 Å². The molecule has 24 heavy (non-hydrogen) atoms. The van der Waals surface area contributed by atoms with Gasteiger partial charge in [0.2, 0.25) is 0 Å². The standard InChI is InChI=1S/C16H18N6OS/c1-11(19-16(23)18-9-14-8-17-12(2)24-14)15-10-22(21-20-15)13-6-4-3-5-7-13/h3-8,10-11H,9H2,1-2H3,(H2,18,19,23)/t11-/m0/s1. The van der Waals surface area contributed by atoms with Crippen LogP contribution in [0.3, 0.4) is 0 Å². The van der Waals surface area contributed by atoms with Gasteiger partial charge in [0.1, 0.15) is 5.69 Å². The van der Waals surface area contributed by atoms with Crippen LogP contribution in [-0.4, -0.2) is 26.0 Å². The van der Waals surface area contributed by atoms with E-state index in [1.807, 2.05) is 50.4 Å². The molecule has 2 amide bonds. The third kappa shape index (κ3) is 3.96. The van der Waals surface area contributed by atoms with Crippen LogP contribution in [0.25, 0.3) is 5.69 Å². The zero-order valence-electron chi connectivity index (χ0n) is 13.4. The normalized spacial score (nSPS) is 11.9. The summed E-state index contributed by atoms with van der Waals surface area (Å²) >= 11 is 1.57. The van der Waals surface area contributed by atoms with Crippen molar-refractivity contribution in [2.75, 3.05) is 0 Å². The van der Waals surface area contributed by atoms with Gasteiger partial charge in [0.25, 0.3) is 0 Å². The van der Waals surface area contributed by atoms with E-state index in [0.717, 1.165) is 15.6 Å². The molecule has 3 rings (SSSR count). The van der Waals surface area contributed by atoms with Crippen LogP contribution in [0.2, 0.25) is 0 Å². The topological polar surface area (TPSA) is 84.7 Å². The van der Waals surface area contributed by atoms with Gasteiger partial charge in [-0.1, -0.05) is 23.4 Å². The predicted octanol–water partition coefficient (Wildman–Crippen LogP) is 2.59. The maximum Gasteiger partial charge on any atom is 0.315 e. The Bertz CT molecular complexity index is 813. The smallest absolute Gasteiger partial charge is 0.315 e. The number of aryl methyl sites for hydroxylation is 1. The number of aromatic nitrogens is 4. The van der Waals surface area contributed by atoms with Crippen LogP contribution < -0.4 is 10.6 Å². The van der Waals surface area contributed by atoms with Gasteiger partial charge in [0, 0.05) is 11.1 Å². The molecule has 2 aromatic heterocycles. The summed E-state index contributed by atoms with van der Waals surface area (Å²) in [6.07, 6.45) is 3.59. The lowest BCUT2D eigenvalue weighted by atomic mass is 10.2. The van der Waals surface area contributed by atoms with Crippen molar-refractivity contribution in [1.29, 1.82) is 0 Å². The van der Waals surface area contributed by atoms with Gasteiger partial charge < -0.3 is 10.6 Å². The van der Waals surface area contributed by atoms with Gasteiger partial charge in [0.15, 0.2) is 0 Å². The van der Waals surface area contributed by atoms with Crippen LogP contribution in [0.4, 0.5) is 4.79 Å². The molecule has 1 aromatic carbocycles. The minimum absolute atomic E-state index is 0.245. The second-order valence-corrected chi connectivity index (χ2v) is 6.64. The van der Waals surface area contributed by atoms with Crippen molar-refractivity contribution in [3.05, 3.63) is 58.3 Å². The Morgan fingerprint density at radius 2 is 2.12 bits per heavy atom. The monoisotopic (exact) mass is 342 g/mol. The number of nitrogens with zero attached hydrogens (tertiary/aromatic N) is 4. The number of para-hydroxylation sites is 1. The number of nitrogens with one attached hydrogen (secondary N) is 2. The van der Waals surface area contributed by atoms with E-state index in [2.05, 4.69) is 25.9 Å². The van der Waals surface area contributed by atoms with E-state index in [0.29, 0.717) is 12.2 Å². The molecule has 0 aliphatic rings. The van der Waals surface area contributed by atoms with Gasteiger partial charge in [0.05, 0.1) is 29.5 Å². The van der Waals surface area contributed by atoms with E-state index in [4.69, 9.17) is 0 Å². The summed E-state index contributed by atoms with van der Waals surface area (Å²) in [5.41, 5.74) is 1.62. The van der Waals surface area contributed by atoms with Crippen molar-refractivity contribution in [2.24, 2.45) is 0 Å². The molecule has 8 heteroatoms. The molecular weight excluding hydrogens is 324 g/mol. The Kier molecular flexibility index (Phi) is 4.85. The quantitative estimate of drug-likeness (QED) is 0.746. The Balaban J connectivity index is 1.55. The highest BCUT2D eigenvalue weighted by Crippen LogP contribution is 2.12. The van der Waals surface area contributed by atoms with Crippen molar-refractivity contribution in [1.82, 2.24) is 30.6 Å². The van der Waals surface area contributed by atoms with E-state index >= 15 is 0 Å². The van der Waals surface area contributed by atoms with Crippen molar-refractivity contribution in [3.8, 4) is 5.69 Å². The van der Waals surface area contributed by atoms with E-state index in [1.165, 1.54) is 0 Å². The molecular formula is C16H18N6OS. The first-order valence-corrected chi connectivity index (χ1v) is 8.37. The zero-order chi connectivity index (χ0) is 16.9. The summed E-state index contributed by atoms with van der Waals surface area (Å²) in [7, 11) is 0. The minimum Gasteiger partial charge on any atom is -0.333 e. The number of amides is 2. The second-order valence-electron chi connectivity index (χ2n) is 5.32. The number of thiazole rings is 1. The van der Waals surface area contributed by atoms with E-state index in [9.17, 15) is 4.79 Å². The van der Waals surface area contributed by atoms with Gasteiger partial charge in [-0.2, -0.15) is 0 Å². The average molecular weight is 342 g/mol. The third-order valence-corrected chi connectivity index (χ3v) is 4.33. The predicted molar refractivity (Wildman–Crippen MR) is 92.0 cm³/mol. The molecule has 7 nitrogen and oxygen atoms in total. The summed E-state index contributed by atoms with van der Waals surface area (Å²) in [6.45, 7) is 4.27. The molecule has 124 valence electrons. The summed E-state index contributed by atoms with van der Waals surface area (Å²) in [5.74, 6) is 0. The SMILES string of the molecule is Cc1ncc(CNC(=O)N[C@@H](C)c2cn(-c3ccccc3)nn2)s1. The highest BCUT2D eigenvalue weighted by molar-refractivity contribution is 7.11. The van der Waals surface area contributed by atoms with Gasteiger partial charge in [-0.25, -0.2) is 14.5 Å². The van der Waals surface area contributed by atoms with Crippen molar-refractivity contribution in [3.63, 3.8) is 0 Å². The lowest BCUT2D eigenvalue weighted by Gasteiger charge is -2.11. The maximum atomic E-state index is 12.0. The van der Waals surface area contributed by atoms with Crippen molar-refractivity contribution >= 4 is 17.4 Å². The highest BCUT2D eigenvalue weighted by atomic mass is 32.1. The fourth-order valence-corrected chi connectivity index (χ4v) is 2.89. The number of hydrogen-bond acceptors (Lipinski definition) is 5. The third-order valence-electron chi connectivity index (χ3n) is 3.42. The number of urea groups is 1. The molecule has 0 bridgehead atoms. The van der Waals surface area contributed by atoms with E-state index < -0.39 is 0 Å². The lowest BCUT2D eigenvalue weighted by Crippen LogP contribution is -2.36. The van der Waals surface area contributed by atoms with Gasteiger partial charge in [-0.3, -0.25) is 0 Å². The van der Waals surface area contributed by atoms with Crippen LogP contribution in [0.15, 0.2) is 42.7 Å². The minimum atomic E-state index is -0.247. The molecule has 0 radical (unpaired) electrons. The van der Waals surface area contributed by atoms with Crippen LogP contribution >= 0.6 is 11.3 Å². The average Bonchev–Trinajstić information content (AvgIpc) is 3.23.